The lowest BCUT2D eigenvalue weighted by molar-refractivity contribution is 0.328. The maximum atomic E-state index is 4.41. The molecule has 0 radical (unpaired) electrons. The predicted molar refractivity (Wildman–Crippen MR) is 80.5 cm³/mol. The van der Waals surface area contributed by atoms with Crippen LogP contribution in [0.4, 0.5) is 5.69 Å². The molecule has 1 unspecified atom stereocenters. The Bertz CT molecular complexity index is 393. The number of likely N-dealkylation sites (N-methyl/N-ethyl adjacent to an activating group) is 1. The highest BCUT2D eigenvalue weighted by Crippen LogP contribution is 2.22. The third-order valence-corrected chi connectivity index (χ3v) is 3.86. The molecule has 0 amide bonds. The Morgan fingerprint density at radius 3 is 3.00 bits per heavy atom. The molecule has 4 nitrogen and oxygen atoms in total. The maximum Gasteiger partial charge on any atom is 0.0562 e. The summed E-state index contributed by atoms with van der Waals surface area (Å²) in [7, 11) is 4.19. The monoisotopic (exact) mass is 262 g/mol. The van der Waals surface area contributed by atoms with Crippen LogP contribution in [-0.4, -0.2) is 49.7 Å². The molecule has 0 saturated carbocycles. The third kappa shape index (κ3) is 3.67. The lowest BCUT2D eigenvalue weighted by Crippen LogP contribution is -2.39. The van der Waals surface area contributed by atoms with Crippen molar-refractivity contribution in [3.8, 4) is 0 Å². The van der Waals surface area contributed by atoms with Crippen LogP contribution in [0, 0.1) is 0 Å². The molecule has 1 saturated heterocycles. The van der Waals surface area contributed by atoms with Crippen molar-refractivity contribution < 1.29 is 0 Å². The van der Waals surface area contributed by atoms with Crippen molar-refractivity contribution in [1.29, 1.82) is 0 Å². The van der Waals surface area contributed by atoms with Crippen molar-refractivity contribution >= 4 is 5.69 Å². The summed E-state index contributed by atoms with van der Waals surface area (Å²) in [4.78, 5) is 9.42. The van der Waals surface area contributed by atoms with Gasteiger partial charge in [0.15, 0.2) is 0 Å². The zero-order chi connectivity index (χ0) is 13.7. The summed E-state index contributed by atoms with van der Waals surface area (Å²) in [5.74, 6) is 0. The zero-order valence-corrected chi connectivity index (χ0v) is 12.4. The number of nitrogens with zero attached hydrogens (tertiary/aromatic N) is 3. The van der Waals surface area contributed by atoms with Gasteiger partial charge in [-0.3, -0.25) is 4.98 Å². The van der Waals surface area contributed by atoms with E-state index in [1.54, 1.807) is 0 Å². The minimum atomic E-state index is 0.609. The van der Waals surface area contributed by atoms with Crippen molar-refractivity contribution in [3.05, 3.63) is 24.0 Å². The van der Waals surface area contributed by atoms with Gasteiger partial charge in [0.1, 0.15) is 0 Å². The molecule has 1 fully saturated rings. The lowest BCUT2D eigenvalue weighted by atomic mass is 10.1. The van der Waals surface area contributed by atoms with E-state index >= 15 is 0 Å². The molecule has 0 bridgehead atoms. The fourth-order valence-electron chi connectivity index (χ4n) is 2.85. The van der Waals surface area contributed by atoms with E-state index in [0.717, 1.165) is 25.3 Å². The van der Waals surface area contributed by atoms with Gasteiger partial charge in [-0.25, -0.2) is 0 Å². The van der Waals surface area contributed by atoms with Crippen LogP contribution >= 0.6 is 0 Å². The number of rotatable bonds is 4. The summed E-state index contributed by atoms with van der Waals surface area (Å²) in [5.41, 5.74) is 2.44. The molecule has 0 spiro atoms. The van der Waals surface area contributed by atoms with Crippen LogP contribution in [0.15, 0.2) is 18.3 Å². The zero-order valence-electron chi connectivity index (χ0n) is 12.4. The van der Waals surface area contributed by atoms with Gasteiger partial charge in [-0.1, -0.05) is 6.92 Å². The van der Waals surface area contributed by atoms with E-state index in [-0.39, 0.29) is 0 Å². The highest BCUT2D eigenvalue weighted by atomic mass is 15.2. The van der Waals surface area contributed by atoms with Crippen LogP contribution in [0.5, 0.6) is 0 Å². The molecule has 4 heteroatoms. The van der Waals surface area contributed by atoms with Crippen LogP contribution < -0.4 is 10.2 Å². The van der Waals surface area contributed by atoms with Gasteiger partial charge in [-0.05, 0) is 45.6 Å². The molecule has 1 aromatic rings. The summed E-state index contributed by atoms with van der Waals surface area (Å²) < 4.78 is 0. The van der Waals surface area contributed by atoms with Crippen LogP contribution in [0.1, 0.15) is 25.5 Å². The first-order valence-corrected chi connectivity index (χ1v) is 7.29. The average molecular weight is 262 g/mol. The van der Waals surface area contributed by atoms with Crippen molar-refractivity contribution in [3.63, 3.8) is 0 Å². The largest absolute Gasteiger partial charge is 0.367 e. The lowest BCUT2D eigenvalue weighted by Gasteiger charge is -2.32. The second-order valence-electron chi connectivity index (χ2n) is 5.41. The molecule has 0 aliphatic carbocycles. The van der Waals surface area contributed by atoms with Gasteiger partial charge >= 0.3 is 0 Å². The van der Waals surface area contributed by atoms with Gasteiger partial charge in [0.25, 0.3) is 0 Å². The second kappa shape index (κ2) is 6.87. The number of hydrogen-bond donors (Lipinski definition) is 1. The van der Waals surface area contributed by atoms with Gasteiger partial charge in [0, 0.05) is 37.6 Å². The molecule has 1 aliphatic rings. The standard InChI is InChI=1S/C15H26N4/c1-4-14-12-18(3)8-5-9-19(14)15-6-7-17-13(10-15)11-16-2/h6-7,10,14,16H,4-5,8-9,11-12H2,1-3H3. The van der Waals surface area contributed by atoms with E-state index in [4.69, 9.17) is 0 Å². The summed E-state index contributed by atoms with van der Waals surface area (Å²) in [6.07, 6.45) is 4.36. The van der Waals surface area contributed by atoms with E-state index in [1.807, 2.05) is 13.2 Å². The van der Waals surface area contributed by atoms with Gasteiger partial charge in [-0.15, -0.1) is 0 Å². The molecule has 2 rings (SSSR count). The Hall–Kier alpha value is -1.13. The highest BCUT2D eigenvalue weighted by molar-refractivity contribution is 5.48. The van der Waals surface area contributed by atoms with Gasteiger partial charge in [0.05, 0.1) is 5.69 Å². The number of anilines is 1. The Labute approximate surface area is 116 Å². The molecule has 2 heterocycles. The van der Waals surface area contributed by atoms with E-state index in [0.29, 0.717) is 6.04 Å². The van der Waals surface area contributed by atoms with Crippen molar-refractivity contribution in [2.75, 3.05) is 38.6 Å². The molecular weight excluding hydrogens is 236 g/mol. The summed E-state index contributed by atoms with van der Waals surface area (Å²) in [6.45, 7) is 6.61. The molecule has 1 atom stereocenters. The molecule has 19 heavy (non-hydrogen) atoms. The number of pyridine rings is 1. The summed E-state index contributed by atoms with van der Waals surface area (Å²) >= 11 is 0. The van der Waals surface area contributed by atoms with E-state index in [2.05, 4.69) is 46.2 Å². The van der Waals surface area contributed by atoms with Crippen LogP contribution in [0.25, 0.3) is 0 Å². The van der Waals surface area contributed by atoms with Crippen LogP contribution in [0.3, 0.4) is 0 Å². The minimum absolute atomic E-state index is 0.609. The highest BCUT2D eigenvalue weighted by Gasteiger charge is 2.22. The SMILES string of the molecule is CCC1CN(C)CCCN1c1ccnc(CNC)c1. The topological polar surface area (TPSA) is 31.4 Å². The van der Waals surface area contributed by atoms with Gasteiger partial charge in [-0.2, -0.15) is 0 Å². The van der Waals surface area contributed by atoms with Crippen LogP contribution in [-0.2, 0) is 6.54 Å². The number of aromatic nitrogens is 1. The van der Waals surface area contributed by atoms with Crippen molar-refractivity contribution in [1.82, 2.24) is 15.2 Å². The Kier molecular flexibility index (Phi) is 5.16. The number of nitrogens with one attached hydrogen (secondary N) is 1. The average Bonchev–Trinajstić information content (AvgIpc) is 2.61. The first-order chi connectivity index (χ1) is 9.24. The maximum absolute atomic E-state index is 4.41. The number of hydrogen-bond acceptors (Lipinski definition) is 4. The molecule has 106 valence electrons. The van der Waals surface area contributed by atoms with Gasteiger partial charge in [0.2, 0.25) is 0 Å². The van der Waals surface area contributed by atoms with Crippen LogP contribution in [0.2, 0.25) is 0 Å². The molecule has 0 aromatic carbocycles. The van der Waals surface area contributed by atoms with Crippen molar-refractivity contribution in [2.45, 2.75) is 32.4 Å². The van der Waals surface area contributed by atoms with E-state index in [9.17, 15) is 0 Å². The molecule has 1 aliphatic heterocycles. The van der Waals surface area contributed by atoms with Crippen molar-refractivity contribution in [2.24, 2.45) is 0 Å². The minimum Gasteiger partial charge on any atom is -0.367 e. The Balaban J connectivity index is 2.19. The summed E-state index contributed by atoms with van der Waals surface area (Å²) in [5, 5.41) is 3.17. The fourth-order valence-corrected chi connectivity index (χ4v) is 2.85. The van der Waals surface area contributed by atoms with Gasteiger partial charge < -0.3 is 15.1 Å². The normalized spacial score (nSPS) is 21.4. The molecule has 1 N–H and O–H groups in total. The second-order valence-corrected chi connectivity index (χ2v) is 5.41. The third-order valence-electron chi connectivity index (χ3n) is 3.86. The fraction of sp³-hybridized carbons (Fsp3) is 0.667. The predicted octanol–water partition coefficient (Wildman–Crippen LogP) is 1.72. The first kappa shape index (κ1) is 14.3. The Morgan fingerprint density at radius 1 is 1.42 bits per heavy atom. The van der Waals surface area contributed by atoms with E-state index < -0.39 is 0 Å². The molecular formula is C15H26N4. The Morgan fingerprint density at radius 2 is 2.26 bits per heavy atom. The summed E-state index contributed by atoms with van der Waals surface area (Å²) in [6, 6.07) is 4.98. The smallest absolute Gasteiger partial charge is 0.0562 e. The first-order valence-electron chi connectivity index (χ1n) is 7.29. The quantitative estimate of drug-likeness (QED) is 0.895. The van der Waals surface area contributed by atoms with E-state index in [1.165, 1.54) is 25.1 Å². The molecule has 1 aromatic heterocycles.